The highest BCUT2D eigenvalue weighted by Gasteiger charge is 2.16. The molecule has 1 amide bonds. The number of carbonyl (C=O) groups is 1. The fourth-order valence-corrected chi connectivity index (χ4v) is 3.26. The minimum absolute atomic E-state index is 0.0899. The highest BCUT2D eigenvalue weighted by Crippen LogP contribution is 2.30. The molecule has 30 heavy (non-hydrogen) atoms. The Hall–Kier alpha value is -3.55. The van der Waals surface area contributed by atoms with Crippen LogP contribution in [0, 0.1) is 0 Å². The molecule has 0 radical (unpaired) electrons. The lowest BCUT2D eigenvalue weighted by Crippen LogP contribution is -2.39. The van der Waals surface area contributed by atoms with E-state index in [9.17, 15) is 14.4 Å². The van der Waals surface area contributed by atoms with Crippen LogP contribution in [0.5, 0.6) is 11.5 Å². The van der Waals surface area contributed by atoms with Gasteiger partial charge in [0.1, 0.15) is 0 Å². The van der Waals surface area contributed by atoms with Crippen molar-refractivity contribution in [1.29, 1.82) is 0 Å². The minimum atomic E-state index is -0.440. The summed E-state index contributed by atoms with van der Waals surface area (Å²) in [5.74, 6) is 0.701. The number of amides is 1. The predicted octanol–water partition coefficient (Wildman–Crippen LogP) is 1.91. The molecule has 1 aromatic heterocycles. The molecular weight excluding hydrogens is 386 g/mol. The molecule has 8 heteroatoms. The van der Waals surface area contributed by atoms with E-state index in [1.165, 1.54) is 23.4 Å². The van der Waals surface area contributed by atoms with Gasteiger partial charge < -0.3 is 14.8 Å². The smallest absolute Gasteiger partial charge is 0.331 e. The summed E-state index contributed by atoms with van der Waals surface area (Å²) in [6, 6.07) is 10.0. The van der Waals surface area contributed by atoms with Gasteiger partial charge in [-0.1, -0.05) is 19.1 Å². The van der Waals surface area contributed by atoms with Crippen molar-refractivity contribution in [3.63, 3.8) is 0 Å². The summed E-state index contributed by atoms with van der Waals surface area (Å²) in [5.41, 5.74) is 0.869. The first-order valence-electron chi connectivity index (χ1n) is 9.64. The molecular formula is C22H25N3O5. The number of methoxy groups -OCH3 is 2. The highest BCUT2D eigenvalue weighted by atomic mass is 16.5. The zero-order valence-electron chi connectivity index (χ0n) is 17.5. The molecule has 158 valence electrons. The fourth-order valence-electron chi connectivity index (χ4n) is 3.26. The van der Waals surface area contributed by atoms with E-state index in [1.54, 1.807) is 43.4 Å². The number of nitrogens with one attached hydrogen (secondary N) is 1. The summed E-state index contributed by atoms with van der Waals surface area (Å²) in [6.07, 6.45) is 0.856. The van der Waals surface area contributed by atoms with Crippen LogP contribution in [0.2, 0.25) is 0 Å². The lowest BCUT2D eigenvalue weighted by molar-refractivity contribution is 0.0953. The molecule has 0 aliphatic carbocycles. The summed E-state index contributed by atoms with van der Waals surface area (Å²) in [4.78, 5) is 37.9. The highest BCUT2D eigenvalue weighted by molar-refractivity contribution is 5.94. The Balaban J connectivity index is 2.01. The van der Waals surface area contributed by atoms with E-state index < -0.39 is 11.2 Å². The van der Waals surface area contributed by atoms with Crippen LogP contribution < -0.4 is 26.0 Å². The van der Waals surface area contributed by atoms with Crippen molar-refractivity contribution >= 4 is 16.8 Å². The van der Waals surface area contributed by atoms with Gasteiger partial charge in [-0.25, -0.2) is 4.79 Å². The van der Waals surface area contributed by atoms with E-state index in [2.05, 4.69) is 5.32 Å². The van der Waals surface area contributed by atoms with Crippen molar-refractivity contribution in [2.45, 2.75) is 19.9 Å². The summed E-state index contributed by atoms with van der Waals surface area (Å²) in [5, 5.41) is 3.17. The van der Waals surface area contributed by atoms with Crippen LogP contribution in [0.1, 0.15) is 29.3 Å². The summed E-state index contributed by atoms with van der Waals surface area (Å²) < 4.78 is 13.1. The van der Waals surface area contributed by atoms with Gasteiger partial charge in [0.05, 0.1) is 31.7 Å². The van der Waals surface area contributed by atoms with Crippen molar-refractivity contribution < 1.29 is 14.3 Å². The van der Waals surface area contributed by atoms with Gasteiger partial charge in [-0.2, -0.15) is 0 Å². The number of rotatable bonds is 7. The Morgan fingerprint density at radius 1 is 1.03 bits per heavy atom. The number of fused-ring (bicyclic) bond motifs is 1. The Morgan fingerprint density at radius 3 is 2.27 bits per heavy atom. The molecule has 3 rings (SSSR count). The number of carbonyl (C=O) groups excluding carboxylic acids is 1. The normalized spacial score (nSPS) is 10.8. The maximum atomic E-state index is 13.1. The third kappa shape index (κ3) is 3.94. The molecule has 8 nitrogen and oxygen atoms in total. The molecule has 3 aromatic rings. The Kier molecular flexibility index (Phi) is 6.25. The number of nitrogens with zero attached hydrogens (tertiary/aromatic N) is 2. The van der Waals surface area contributed by atoms with E-state index in [4.69, 9.17) is 9.47 Å². The molecule has 0 bridgehead atoms. The van der Waals surface area contributed by atoms with Crippen molar-refractivity contribution in [2.24, 2.45) is 7.05 Å². The van der Waals surface area contributed by atoms with Gasteiger partial charge in [0, 0.05) is 25.2 Å². The largest absolute Gasteiger partial charge is 0.493 e. The van der Waals surface area contributed by atoms with Crippen LogP contribution in [-0.4, -0.2) is 35.8 Å². The molecule has 0 atom stereocenters. The lowest BCUT2D eigenvalue weighted by Gasteiger charge is -2.14. The number of aryl methyl sites for hydroxylation is 1. The third-order valence-corrected chi connectivity index (χ3v) is 4.95. The minimum Gasteiger partial charge on any atom is -0.493 e. The lowest BCUT2D eigenvalue weighted by atomic mass is 10.1. The summed E-state index contributed by atoms with van der Waals surface area (Å²) >= 11 is 0. The monoisotopic (exact) mass is 411 g/mol. The van der Waals surface area contributed by atoms with Crippen LogP contribution in [0.4, 0.5) is 0 Å². The Bertz CT molecular complexity index is 1190. The van der Waals surface area contributed by atoms with E-state index in [0.717, 1.165) is 12.0 Å². The molecule has 0 aliphatic rings. The molecule has 2 aromatic carbocycles. The number of ether oxygens (including phenoxy) is 2. The zero-order chi connectivity index (χ0) is 21.8. The first-order valence-corrected chi connectivity index (χ1v) is 9.64. The van der Waals surface area contributed by atoms with Crippen LogP contribution >= 0.6 is 0 Å². The van der Waals surface area contributed by atoms with E-state index in [1.807, 2.05) is 6.92 Å². The molecule has 0 saturated heterocycles. The number of hydrogen-bond donors (Lipinski definition) is 1. The van der Waals surface area contributed by atoms with Gasteiger partial charge >= 0.3 is 5.69 Å². The summed E-state index contributed by atoms with van der Waals surface area (Å²) in [6.45, 7) is 2.68. The SMILES string of the molecule is CCCNC(=O)c1ccc(Cn2c(=O)c3cc(OC)c(OC)cc3n(C)c2=O)cc1. The molecule has 1 N–H and O–H groups in total. The second-order valence-corrected chi connectivity index (χ2v) is 6.91. The van der Waals surface area contributed by atoms with E-state index in [0.29, 0.717) is 34.5 Å². The van der Waals surface area contributed by atoms with Crippen molar-refractivity contribution in [3.05, 3.63) is 68.4 Å². The molecule has 0 aliphatic heterocycles. The van der Waals surface area contributed by atoms with Gasteiger partial charge in [-0.3, -0.25) is 18.7 Å². The Labute approximate surface area is 173 Å². The van der Waals surface area contributed by atoms with Crippen LogP contribution in [-0.2, 0) is 13.6 Å². The maximum absolute atomic E-state index is 13.1. The van der Waals surface area contributed by atoms with Crippen molar-refractivity contribution in [3.8, 4) is 11.5 Å². The molecule has 0 unspecified atom stereocenters. The fraction of sp³-hybridized carbons (Fsp3) is 0.318. The molecule has 0 spiro atoms. The van der Waals surface area contributed by atoms with Crippen LogP contribution in [0.15, 0.2) is 46.0 Å². The quantitative estimate of drug-likeness (QED) is 0.641. The zero-order valence-corrected chi connectivity index (χ0v) is 17.5. The van der Waals surface area contributed by atoms with Gasteiger partial charge in [0.2, 0.25) is 0 Å². The standard InChI is InChI=1S/C22H25N3O5/c1-5-10-23-20(26)15-8-6-14(7-9-15)13-25-21(27)16-11-18(29-3)19(30-4)12-17(16)24(2)22(25)28/h6-9,11-12H,5,10,13H2,1-4H3,(H,23,26). The van der Waals surface area contributed by atoms with Crippen LogP contribution in [0.3, 0.4) is 0 Å². The molecule has 0 fully saturated rings. The van der Waals surface area contributed by atoms with E-state index >= 15 is 0 Å². The van der Waals surface area contributed by atoms with Crippen molar-refractivity contribution in [2.75, 3.05) is 20.8 Å². The van der Waals surface area contributed by atoms with Crippen molar-refractivity contribution in [1.82, 2.24) is 14.5 Å². The summed E-state index contributed by atoms with van der Waals surface area (Å²) in [7, 11) is 4.59. The van der Waals surface area contributed by atoms with Gasteiger partial charge in [-0.15, -0.1) is 0 Å². The molecule has 0 saturated carbocycles. The van der Waals surface area contributed by atoms with Gasteiger partial charge in [0.15, 0.2) is 11.5 Å². The average molecular weight is 411 g/mol. The second-order valence-electron chi connectivity index (χ2n) is 6.91. The third-order valence-electron chi connectivity index (χ3n) is 4.95. The molecule has 1 heterocycles. The predicted molar refractivity (Wildman–Crippen MR) is 115 cm³/mol. The first kappa shape index (κ1) is 21.2. The first-order chi connectivity index (χ1) is 14.4. The average Bonchev–Trinajstić information content (AvgIpc) is 2.78. The number of hydrogen-bond acceptors (Lipinski definition) is 5. The second kappa shape index (κ2) is 8.86. The van der Waals surface area contributed by atoms with Gasteiger partial charge in [-0.05, 0) is 30.2 Å². The Morgan fingerprint density at radius 2 is 1.67 bits per heavy atom. The van der Waals surface area contributed by atoms with E-state index in [-0.39, 0.29) is 12.5 Å². The number of benzene rings is 2. The topological polar surface area (TPSA) is 91.6 Å². The van der Waals surface area contributed by atoms with Gasteiger partial charge in [0.25, 0.3) is 11.5 Å². The van der Waals surface area contributed by atoms with Crippen LogP contribution in [0.25, 0.3) is 10.9 Å². The number of aromatic nitrogens is 2. The maximum Gasteiger partial charge on any atom is 0.331 e.